The molecule has 20 heavy (non-hydrogen) atoms. The van der Waals surface area contributed by atoms with E-state index in [1.165, 1.54) is 12.1 Å². The summed E-state index contributed by atoms with van der Waals surface area (Å²) in [6.07, 6.45) is 0. The molecule has 0 saturated carbocycles. The van der Waals surface area contributed by atoms with Gasteiger partial charge in [0.05, 0.1) is 16.9 Å². The number of carbonyl (C=O) groups is 1. The summed E-state index contributed by atoms with van der Waals surface area (Å²) in [4.78, 5) is 11.9. The highest BCUT2D eigenvalue weighted by atomic mass is 79.9. The second kappa shape index (κ2) is 5.54. The van der Waals surface area contributed by atoms with Crippen LogP contribution in [0.15, 0.2) is 34.8 Å². The lowest BCUT2D eigenvalue weighted by Gasteiger charge is -2.09. The number of benzene rings is 2. The molecule has 0 radical (unpaired) electrons. The van der Waals surface area contributed by atoms with Crippen LogP contribution in [0.25, 0.3) is 0 Å². The largest absolute Gasteiger partial charge is 0.396 e. The lowest BCUT2D eigenvalue weighted by atomic mass is 10.1. The molecule has 0 aliphatic heterocycles. The fourth-order valence-electron chi connectivity index (χ4n) is 1.54. The van der Waals surface area contributed by atoms with E-state index in [0.717, 1.165) is 12.1 Å². The van der Waals surface area contributed by atoms with Gasteiger partial charge in [0.15, 0.2) is 0 Å². The number of nitrogen functional groups attached to an aromatic ring is 1. The molecular weight excluding hydrogens is 337 g/mol. The third kappa shape index (κ3) is 2.77. The first-order valence-electron chi connectivity index (χ1n) is 5.40. The molecule has 0 unspecified atom stereocenters. The zero-order valence-corrected chi connectivity index (χ0v) is 11.5. The molecular formula is C13H8BrF3N2O. The van der Waals surface area contributed by atoms with Crippen molar-refractivity contribution >= 4 is 33.2 Å². The lowest BCUT2D eigenvalue weighted by molar-refractivity contribution is 0.102. The Balaban J connectivity index is 2.36. The Labute approximate surface area is 120 Å². The zero-order chi connectivity index (χ0) is 14.9. The Kier molecular flexibility index (Phi) is 3.99. The molecule has 0 fully saturated rings. The van der Waals surface area contributed by atoms with Gasteiger partial charge in [0.2, 0.25) is 0 Å². The third-order valence-electron chi connectivity index (χ3n) is 2.53. The minimum absolute atomic E-state index is 0.139. The molecule has 2 rings (SSSR count). The number of carbonyl (C=O) groups excluding carboxylic acids is 1. The SMILES string of the molecule is Nc1cc(C(=O)Nc2c(F)cccc2Br)c(F)cc1F. The number of halogens is 4. The Morgan fingerprint density at radius 3 is 2.45 bits per heavy atom. The Bertz CT molecular complexity index is 671. The summed E-state index contributed by atoms with van der Waals surface area (Å²) in [6.45, 7) is 0. The monoisotopic (exact) mass is 344 g/mol. The van der Waals surface area contributed by atoms with E-state index in [1.54, 1.807) is 0 Å². The van der Waals surface area contributed by atoms with Crippen LogP contribution in [-0.4, -0.2) is 5.91 Å². The molecule has 0 bridgehead atoms. The van der Waals surface area contributed by atoms with Crippen LogP contribution in [0, 0.1) is 17.5 Å². The molecule has 3 N–H and O–H groups in total. The first-order chi connectivity index (χ1) is 9.40. The fraction of sp³-hybridized carbons (Fsp3) is 0. The normalized spacial score (nSPS) is 10.4. The van der Waals surface area contributed by atoms with Crippen molar-refractivity contribution in [2.24, 2.45) is 0 Å². The van der Waals surface area contributed by atoms with Gasteiger partial charge in [-0.2, -0.15) is 0 Å². The van der Waals surface area contributed by atoms with E-state index in [1.807, 2.05) is 0 Å². The number of amides is 1. The quantitative estimate of drug-likeness (QED) is 0.816. The van der Waals surface area contributed by atoms with Crippen LogP contribution in [0.3, 0.4) is 0 Å². The van der Waals surface area contributed by atoms with Crippen LogP contribution in [0.1, 0.15) is 10.4 Å². The molecule has 0 aliphatic carbocycles. The standard InChI is InChI=1S/C13H8BrF3N2O/c14-7-2-1-3-8(15)12(7)19-13(20)6-4-11(18)10(17)5-9(6)16/h1-5H,18H2,(H,19,20). The minimum Gasteiger partial charge on any atom is -0.396 e. The van der Waals surface area contributed by atoms with Gasteiger partial charge in [0.1, 0.15) is 17.5 Å². The van der Waals surface area contributed by atoms with Crippen molar-refractivity contribution in [1.82, 2.24) is 0 Å². The third-order valence-corrected chi connectivity index (χ3v) is 3.19. The molecule has 104 valence electrons. The fourth-order valence-corrected chi connectivity index (χ4v) is 1.98. The molecule has 2 aromatic carbocycles. The topological polar surface area (TPSA) is 55.1 Å². The average molecular weight is 345 g/mol. The molecule has 3 nitrogen and oxygen atoms in total. The molecule has 0 aliphatic rings. The number of anilines is 2. The first kappa shape index (κ1) is 14.4. The number of hydrogen-bond acceptors (Lipinski definition) is 2. The number of nitrogens with two attached hydrogens (primary N) is 1. The van der Waals surface area contributed by atoms with Gasteiger partial charge in [0, 0.05) is 10.5 Å². The van der Waals surface area contributed by atoms with Gasteiger partial charge in [-0.1, -0.05) is 6.07 Å². The van der Waals surface area contributed by atoms with Gasteiger partial charge < -0.3 is 11.1 Å². The van der Waals surface area contributed by atoms with Gasteiger partial charge in [0.25, 0.3) is 5.91 Å². The molecule has 0 aromatic heterocycles. The van der Waals surface area contributed by atoms with Crippen molar-refractivity contribution in [1.29, 1.82) is 0 Å². The predicted molar refractivity (Wildman–Crippen MR) is 72.8 cm³/mol. The van der Waals surface area contributed by atoms with Crippen LogP contribution >= 0.6 is 15.9 Å². The van der Waals surface area contributed by atoms with Crippen LogP contribution in [0.5, 0.6) is 0 Å². The van der Waals surface area contributed by atoms with Crippen molar-refractivity contribution in [2.45, 2.75) is 0 Å². The van der Waals surface area contributed by atoms with Gasteiger partial charge in [-0.15, -0.1) is 0 Å². The molecule has 0 spiro atoms. The van der Waals surface area contributed by atoms with E-state index in [2.05, 4.69) is 21.2 Å². The Hall–Kier alpha value is -2.02. The summed E-state index contributed by atoms with van der Waals surface area (Å²) in [6, 6.07) is 5.44. The summed E-state index contributed by atoms with van der Waals surface area (Å²) < 4.78 is 40.4. The van der Waals surface area contributed by atoms with Crippen molar-refractivity contribution < 1.29 is 18.0 Å². The molecule has 7 heteroatoms. The van der Waals surface area contributed by atoms with Crippen LogP contribution < -0.4 is 11.1 Å². The van der Waals surface area contributed by atoms with Crippen LogP contribution in [-0.2, 0) is 0 Å². The highest BCUT2D eigenvalue weighted by Gasteiger charge is 2.17. The first-order valence-corrected chi connectivity index (χ1v) is 6.19. The second-order valence-corrected chi connectivity index (χ2v) is 4.76. The highest BCUT2D eigenvalue weighted by molar-refractivity contribution is 9.10. The van der Waals surface area contributed by atoms with Crippen molar-refractivity contribution in [2.75, 3.05) is 11.1 Å². The van der Waals surface area contributed by atoms with E-state index >= 15 is 0 Å². The average Bonchev–Trinajstić information content (AvgIpc) is 2.38. The van der Waals surface area contributed by atoms with E-state index in [9.17, 15) is 18.0 Å². The van der Waals surface area contributed by atoms with Gasteiger partial charge in [-0.3, -0.25) is 4.79 Å². The van der Waals surface area contributed by atoms with Crippen molar-refractivity contribution in [3.63, 3.8) is 0 Å². The molecule has 0 saturated heterocycles. The van der Waals surface area contributed by atoms with E-state index in [4.69, 9.17) is 5.73 Å². The summed E-state index contributed by atoms with van der Waals surface area (Å²) in [5.41, 5.74) is 4.29. The highest BCUT2D eigenvalue weighted by Crippen LogP contribution is 2.26. The molecule has 2 aromatic rings. The number of nitrogens with one attached hydrogen (secondary N) is 1. The minimum atomic E-state index is -1.08. The summed E-state index contributed by atoms with van der Waals surface area (Å²) >= 11 is 3.06. The van der Waals surface area contributed by atoms with Crippen molar-refractivity contribution in [3.05, 3.63) is 57.8 Å². The number of para-hydroxylation sites is 1. The van der Waals surface area contributed by atoms with Gasteiger partial charge in [-0.25, -0.2) is 13.2 Å². The molecule has 0 heterocycles. The smallest absolute Gasteiger partial charge is 0.258 e. The van der Waals surface area contributed by atoms with E-state index in [0.29, 0.717) is 10.5 Å². The summed E-state index contributed by atoms with van der Waals surface area (Å²) in [5, 5.41) is 2.20. The maximum Gasteiger partial charge on any atom is 0.258 e. The lowest BCUT2D eigenvalue weighted by Crippen LogP contribution is -2.16. The predicted octanol–water partition coefficient (Wildman–Crippen LogP) is 3.70. The maximum absolute atomic E-state index is 13.5. The number of rotatable bonds is 2. The number of hydrogen-bond donors (Lipinski definition) is 2. The van der Waals surface area contributed by atoms with E-state index < -0.39 is 28.9 Å². The van der Waals surface area contributed by atoms with E-state index in [-0.39, 0.29) is 11.4 Å². The molecule has 1 amide bonds. The second-order valence-electron chi connectivity index (χ2n) is 3.90. The van der Waals surface area contributed by atoms with Crippen LogP contribution in [0.2, 0.25) is 0 Å². The van der Waals surface area contributed by atoms with Crippen molar-refractivity contribution in [3.8, 4) is 0 Å². The molecule has 0 atom stereocenters. The van der Waals surface area contributed by atoms with Gasteiger partial charge >= 0.3 is 0 Å². The summed E-state index contributed by atoms with van der Waals surface area (Å²) in [7, 11) is 0. The van der Waals surface area contributed by atoms with Gasteiger partial charge in [-0.05, 0) is 34.1 Å². The Morgan fingerprint density at radius 2 is 1.80 bits per heavy atom. The Morgan fingerprint density at radius 1 is 1.10 bits per heavy atom. The maximum atomic E-state index is 13.5. The van der Waals surface area contributed by atoms with Crippen LogP contribution in [0.4, 0.5) is 24.5 Å². The zero-order valence-electron chi connectivity index (χ0n) is 9.88. The summed E-state index contributed by atoms with van der Waals surface area (Å²) in [5.74, 6) is -3.67.